The zero-order valence-electron chi connectivity index (χ0n) is 13.2. The number of amides is 2. The highest BCUT2D eigenvalue weighted by molar-refractivity contribution is 5.94. The molecule has 6 nitrogen and oxygen atoms in total. The van der Waals surface area contributed by atoms with E-state index < -0.39 is 5.82 Å². The van der Waals surface area contributed by atoms with Crippen LogP contribution in [0.25, 0.3) is 0 Å². The van der Waals surface area contributed by atoms with Crippen LogP contribution in [0.15, 0.2) is 24.3 Å². The minimum Gasteiger partial charge on any atom is -0.378 e. The predicted molar refractivity (Wildman–Crippen MR) is 88.7 cm³/mol. The summed E-state index contributed by atoms with van der Waals surface area (Å²) in [6.07, 6.45) is 0. The summed E-state index contributed by atoms with van der Waals surface area (Å²) in [6.45, 7) is 3.56. The molecule has 0 saturated carbocycles. The Balaban J connectivity index is 0.00000208. The number of hydrogen-bond donors (Lipinski definition) is 1. The molecule has 2 saturated heterocycles. The van der Waals surface area contributed by atoms with Gasteiger partial charge >= 0.3 is 0 Å². The lowest BCUT2D eigenvalue weighted by atomic mass is 10.1. The Morgan fingerprint density at radius 3 is 2.50 bits per heavy atom. The number of carbonyl (C=O) groups excluding carboxylic acids is 2. The SMILES string of the molecule is Cl.O=C(c1cccc(F)c1)N1CCN(C(=O)C2COCCN2)CC1. The molecule has 0 aromatic heterocycles. The van der Waals surface area contributed by atoms with E-state index >= 15 is 0 Å². The van der Waals surface area contributed by atoms with Crippen LogP contribution < -0.4 is 5.32 Å². The van der Waals surface area contributed by atoms with Crippen molar-refractivity contribution in [3.8, 4) is 0 Å². The number of nitrogens with one attached hydrogen (secondary N) is 1. The zero-order valence-corrected chi connectivity index (χ0v) is 14.1. The second kappa shape index (κ2) is 8.41. The van der Waals surface area contributed by atoms with Crippen molar-refractivity contribution in [1.29, 1.82) is 0 Å². The molecular formula is C16H21ClFN3O3. The summed E-state index contributed by atoms with van der Waals surface area (Å²) in [5.41, 5.74) is 0.340. The maximum Gasteiger partial charge on any atom is 0.254 e. The molecule has 3 rings (SSSR count). The lowest BCUT2D eigenvalue weighted by molar-refractivity contribution is -0.137. The normalized spacial score (nSPS) is 21.1. The summed E-state index contributed by atoms with van der Waals surface area (Å²) in [4.78, 5) is 28.1. The Labute approximate surface area is 146 Å². The highest BCUT2D eigenvalue weighted by atomic mass is 35.5. The van der Waals surface area contributed by atoms with Crippen molar-refractivity contribution in [2.24, 2.45) is 0 Å². The van der Waals surface area contributed by atoms with Crippen LogP contribution in [0.5, 0.6) is 0 Å². The quantitative estimate of drug-likeness (QED) is 0.838. The van der Waals surface area contributed by atoms with Crippen LogP contribution in [-0.4, -0.2) is 73.6 Å². The average Bonchev–Trinajstić information content (AvgIpc) is 2.61. The van der Waals surface area contributed by atoms with E-state index in [0.717, 1.165) is 0 Å². The molecule has 1 atom stereocenters. The van der Waals surface area contributed by atoms with E-state index in [1.807, 2.05) is 0 Å². The molecule has 1 N–H and O–H groups in total. The molecule has 2 heterocycles. The fourth-order valence-electron chi connectivity index (χ4n) is 2.88. The molecule has 8 heteroatoms. The largest absolute Gasteiger partial charge is 0.378 e. The number of morpholine rings is 1. The first-order valence-electron chi connectivity index (χ1n) is 7.80. The second-order valence-electron chi connectivity index (χ2n) is 5.71. The number of benzene rings is 1. The Kier molecular flexibility index (Phi) is 6.53. The monoisotopic (exact) mass is 357 g/mol. The highest BCUT2D eigenvalue weighted by Gasteiger charge is 2.30. The fraction of sp³-hybridized carbons (Fsp3) is 0.500. The van der Waals surface area contributed by atoms with Gasteiger partial charge in [-0.05, 0) is 18.2 Å². The van der Waals surface area contributed by atoms with Gasteiger partial charge in [0.1, 0.15) is 11.9 Å². The molecule has 2 aliphatic heterocycles. The van der Waals surface area contributed by atoms with Gasteiger partial charge in [0, 0.05) is 38.3 Å². The molecule has 1 unspecified atom stereocenters. The van der Waals surface area contributed by atoms with E-state index in [1.54, 1.807) is 15.9 Å². The molecule has 0 radical (unpaired) electrons. The van der Waals surface area contributed by atoms with E-state index in [4.69, 9.17) is 4.74 Å². The standard InChI is InChI=1S/C16H20FN3O3.ClH/c17-13-3-1-2-12(10-13)15(21)19-5-7-20(8-6-19)16(22)14-11-23-9-4-18-14;/h1-3,10,14,18H,4-9,11H2;1H. The van der Waals surface area contributed by atoms with Gasteiger partial charge in [0.25, 0.3) is 5.91 Å². The van der Waals surface area contributed by atoms with E-state index in [-0.39, 0.29) is 30.3 Å². The van der Waals surface area contributed by atoms with Crippen LogP contribution in [0.2, 0.25) is 0 Å². The van der Waals surface area contributed by atoms with Crippen molar-refractivity contribution < 1.29 is 18.7 Å². The van der Waals surface area contributed by atoms with Crippen molar-refractivity contribution in [3.05, 3.63) is 35.6 Å². The zero-order chi connectivity index (χ0) is 16.2. The van der Waals surface area contributed by atoms with Crippen molar-refractivity contribution in [2.45, 2.75) is 6.04 Å². The van der Waals surface area contributed by atoms with E-state index in [2.05, 4.69) is 5.32 Å². The first kappa shape index (κ1) is 18.6. The average molecular weight is 358 g/mol. The second-order valence-corrected chi connectivity index (χ2v) is 5.71. The van der Waals surface area contributed by atoms with Gasteiger partial charge in [-0.2, -0.15) is 0 Å². The number of piperazine rings is 1. The molecule has 2 fully saturated rings. The summed E-state index contributed by atoms with van der Waals surface area (Å²) in [5.74, 6) is -0.605. The predicted octanol–water partition coefficient (Wildman–Crippen LogP) is 0.520. The maximum atomic E-state index is 13.2. The van der Waals surface area contributed by atoms with Crippen molar-refractivity contribution >= 4 is 24.2 Å². The van der Waals surface area contributed by atoms with Crippen LogP contribution in [0.4, 0.5) is 4.39 Å². The van der Waals surface area contributed by atoms with Crippen LogP contribution in [-0.2, 0) is 9.53 Å². The number of nitrogens with zero attached hydrogens (tertiary/aromatic N) is 2. The van der Waals surface area contributed by atoms with E-state index in [9.17, 15) is 14.0 Å². The minimum atomic E-state index is -0.423. The van der Waals surface area contributed by atoms with Crippen LogP contribution in [0, 0.1) is 5.82 Å². The number of ether oxygens (including phenoxy) is 1. The van der Waals surface area contributed by atoms with Crippen LogP contribution >= 0.6 is 12.4 Å². The molecule has 1 aromatic carbocycles. The van der Waals surface area contributed by atoms with Gasteiger partial charge in [-0.3, -0.25) is 9.59 Å². The summed E-state index contributed by atoms with van der Waals surface area (Å²) in [5, 5.41) is 3.14. The van der Waals surface area contributed by atoms with Gasteiger partial charge in [0.05, 0.1) is 13.2 Å². The van der Waals surface area contributed by atoms with E-state index in [1.165, 1.54) is 18.2 Å². The number of halogens is 2. The first-order chi connectivity index (χ1) is 11.1. The molecule has 24 heavy (non-hydrogen) atoms. The van der Waals surface area contributed by atoms with Gasteiger partial charge in [-0.15, -0.1) is 12.4 Å². The minimum absolute atomic E-state index is 0. The number of carbonyl (C=O) groups is 2. The van der Waals surface area contributed by atoms with Gasteiger partial charge in [-0.1, -0.05) is 6.07 Å². The molecule has 2 amide bonds. The van der Waals surface area contributed by atoms with Crippen LogP contribution in [0.1, 0.15) is 10.4 Å². The Morgan fingerprint density at radius 2 is 1.88 bits per heavy atom. The third-order valence-electron chi connectivity index (χ3n) is 4.17. The highest BCUT2D eigenvalue weighted by Crippen LogP contribution is 2.11. The van der Waals surface area contributed by atoms with Gasteiger partial charge in [-0.25, -0.2) is 4.39 Å². The summed E-state index contributed by atoms with van der Waals surface area (Å²) < 4.78 is 18.5. The summed E-state index contributed by atoms with van der Waals surface area (Å²) in [6, 6.07) is 5.38. The number of hydrogen-bond acceptors (Lipinski definition) is 4. The van der Waals surface area contributed by atoms with Crippen molar-refractivity contribution in [3.63, 3.8) is 0 Å². The third-order valence-corrected chi connectivity index (χ3v) is 4.17. The Hall–Kier alpha value is -1.70. The topological polar surface area (TPSA) is 61.9 Å². The summed E-state index contributed by atoms with van der Waals surface area (Å²) in [7, 11) is 0. The first-order valence-corrected chi connectivity index (χ1v) is 7.80. The van der Waals surface area contributed by atoms with Gasteiger partial charge in [0.2, 0.25) is 5.91 Å². The van der Waals surface area contributed by atoms with Gasteiger partial charge in [0.15, 0.2) is 0 Å². The molecule has 132 valence electrons. The Bertz CT molecular complexity index is 588. The Morgan fingerprint density at radius 1 is 1.17 bits per heavy atom. The molecule has 2 aliphatic rings. The fourth-order valence-corrected chi connectivity index (χ4v) is 2.88. The van der Waals surface area contributed by atoms with Crippen molar-refractivity contribution in [1.82, 2.24) is 15.1 Å². The maximum absolute atomic E-state index is 13.2. The third kappa shape index (κ3) is 4.23. The smallest absolute Gasteiger partial charge is 0.254 e. The molecule has 0 aliphatic carbocycles. The summed E-state index contributed by atoms with van der Waals surface area (Å²) >= 11 is 0. The molecule has 1 aromatic rings. The van der Waals surface area contributed by atoms with Crippen molar-refractivity contribution in [2.75, 3.05) is 45.9 Å². The molecule has 0 spiro atoms. The van der Waals surface area contributed by atoms with Crippen LogP contribution in [0.3, 0.4) is 0 Å². The van der Waals surface area contributed by atoms with Gasteiger partial charge < -0.3 is 19.9 Å². The lowest BCUT2D eigenvalue weighted by Crippen LogP contribution is -2.57. The number of rotatable bonds is 2. The lowest BCUT2D eigenvalue weighted by Gasteiger charge is -2.37. The molecular weight excluding hydrogens is 337 g/mol. The van der Waals surface area contributed by atoms with E-state index in [0.29, 0.717) is 51.5 Å². The molecule has 0 bridgehead atoms.